The summed E-state index contributed by atoms with van der Waals surface area (Å²) in [5, 5.41) is 10.3. The lowest BCUT2D eigenvalue weighted by Gasteiger charge is -2.36. The molecule has 5 N–H and O–H groups in total. The zero-order chi connectivity index (χ0) is 24.7. The molecule has 0 fully saturated rings. The third kappa shape index (κ3) is 4.05. The number of hydrogen-bond donors (Lipinski definition) is 4. The summed E-state index contributed by atoms with van der Waals surface area (Å²) < 4.78 is 18.1. The number of fused-ring (bicyclic) bond motifs is 2. The fraction of sp³-hybridized carbons (Fsp3) is 0.269. The number of carboxylic acids is 1. The minimum absolute atomic E-state index is 0.0468. The Bertz CT molecular complexity index is 1250. The minimum Gasteiger partial charge on any atom is -0.480 e. The molecule has 0 aliphatic carbocycles. The second kappa shape index (κ2) is 9.01. The number of rotatable bonds is 7. The first kappa shape index (κ1) is 24.2. The van der Waals surface area contributed by atoms with E-state index in [2.05, 4.69) is 0 Å². The fourth-order valence-electron chi connectivity index (χ4n) is 5.03. The summed E-state index contributed by atoms with van der Waals surface area (Å²) in [6, 6.07) is 17.8. The quantitative estimate of drug-likeness (QED) is 0.373. The molecule has 0 saturated carbocycles. The molecule has 3 aromatic rings. The van der Waals surface area contributed by atoms with Gasteiger partial charge in [0.2, 0.25) is 0 Å². The molecule has 0 amide bonds. The maximum Gasteiger partial charge on any atom is 0.356 e. The van der Waals surface area contributed by atoms with Crippen molar-refractivity contribution < 1.29 is 29.0 Å². The van der Waals surface area contributed by atoms with Gasteiger partial charge in [-0.05, 0) is 54.2 Å². The molecule has 8 heteroatoms. The van der Waals surface area contributed by atoms with Gasteiger partial charge in [-0.25, -0.2) is 4.79 Å². The summed E-state index contributed by atoms with van der Waals surface area (Å²) in [5.41, 5.74) is 8.02. The van der Waals surface area contributed by atoms with E-state index in [1.54, 1.807) is 6.92 Å². The number of carbonyl (C=O) groups is 1. The van der Waals surface area contributed by atoms with Gasteiger partial charge in [0.15, 0.2) is 0 Å². The minimum atomic E-state index is -4.54. The van der Waals surface area contributed by atoms with Crippen molar-refractivity contribution in [2.75, 3.05) is 0 Å². The third-order valence-corrected chi connectivity index (χ3v) is 7.67. The molecule has 1 unspecified atom stereocenters. The summed E-state index contributed by atoms with van der Waals surface area (Å²) in [6.45, 7) is 3.63. The van der Waals surface area contributed by atoms with Gasteiger partial charge in [-0.1, -0.05) is 56.3 Å². The summed E-state index contributed by atoms with van der Waals surface area (Å²) in [6.07, 6.45) is 0.779. The Labute approximate surface area is 198 Å². The van der Waals surface area contributed by atoms with Crippen LogP contribution in [0, 0.1) is 0 Å². The van der Waals surface area contributed by atoms with Crippen LogP contribution >= 0.6 is 7.60 Å². The van der Waals surface area contributed by atoms with Crippen molar-refractivity contribution in [1.29, 1.82) is 0 Å². The Hall–Kier alpha value is -2.96. The van der Waals surface area contributed by atoms with Crippen molar-refractivity contribution in [3.63, 3.8) is 0 Å². The Morgan fingerprint density at radius 1 is 0.941 bits per heavy atom. The number of hydrogen-bond acceptors (Lipinski definition) is 4. The standard InChI is InChI=1S/C26H28NO6P/c1-3-16-17(4-2)24(34(30,31)32)14-13-21(16)26(27,25(28)29)15-20-18-9-5-7-11-22(18)33-23-12-8-6-10-19(20)23/h5-14,20H,3-4,15,27H2,1-2H3,(H,28,29)(H2,30,31,32). The van der Waals surface area contributed by atoms with Crippen LogP contribution in [0.15, 0.2) is 60.7 Å². The van der Waals surface area contributed by atoms with Crippen LogP contribution in [-0.2, 0) is 27.7 Å². The lowest BCUT2D eigenvalue weighted by atomic mass is 9.73. The molecule has 3 aromatic carbocycles. The van der Waals surface area contributed by atoms with E-state index in [1.165, 1.54) is 12.1 Å². The first-order chi connectivity index (χ1) is 16.1. The second-order valence-corrected chi connectivity index (χ2v) is 10.1. The molecule has 0 saturated heterocycles. The molecule has 1 heterocycles. The molecule has 0 spiro atoms. The molecule has 4 rings (SSSR count). The highest BCUT2D eigenvalue weighted by molar-refractivity contribution is 7.60. The first-order valence-corrected chi connectivity index (χ1v) is 12.8. The van der Waals surface area contributed by atoms with Gasteiger partial charge in [0.25, 0.3) is 0 Å². The Kier molecular flexibility index (Phi) is 6.40. The normalized spacial score (nSPS) is 15.1. The van der Waals surface area contributed by atoms with E-state index in [9.17, 15) is 24.3 Å². The molecule has 0 aromatic heterocycles. The van der Waals surface area contributed by atoms with Gasteiger partial charge in [0.05, 0.1) is 5.30 Å². The van der Waals surface area contributed by atoms with Gasteiger partial charge in [0.1, 0.15) is 17.0 Å². The van der Waals surface area contributed by atoms with Crippen molar-refractivity contribution in [3.8, 4) is 11.5 Å². The van der Waals surface area contributed by atoms with E-state index in [1.807, 2.05) is 55.5 Å². The Balaban J connectivity index is 1.91. The van der Waals surface area contributed by atoms with Crippen LogP contribution in [-0.4, -0.2) is 20.9 Å². The van der Waals surface area contributed by atoms with E-state index in [-0.39, 0.29) is 17.6 Å². The van der Waals surface area contributed by atoms with Crippen LogP contribution in [0.1, 0.15) is 54.0 Å². The third-order valence-electron chi connectivity index (χ3n) is 6.62. The molecule has 7 nitrogen and oxygen atoms in total. The molecule has 0 radical (unpaired) electrons. The number of carboxylic acid groups (broad SMARTS) is 1. The summed E-state index contributed by atoms with van der Waals surface area (Å²) >= 11 is 0. The van der Waals surface area contributed by atoms with Crippen LogP contribution in [0.5, 0.6) is 11.5 Å². The van der Waals surface area contributed by atoms with E-state index in [0.29, 0.717) is 41.0 Å². The number of benzene rings is 3. The zero-order valence-electron chi connectivity index (χ0n) is 19.1. The van der Waals surface area contributed by atoms with Gasteiger partial charge in [-0.3, -0.25) is 4.57 Å². The van der Waals surface area contributed by atoms with Crippen LogP contribution in [0.2, 0.25) is 0 Å². The van der Waals surface area contributed by atoms with Gasteiger partial charge >= 0.3 is 13.6 Å². The molecule has 1 atom stereocenters. The number of ether oxygens (including phenoxy) is 1. The van der Waals surface area contributed by atoms with Crippen LogP contribution < -0.4 is 15.8 Å². The van der Waals surface area contributed by atoms with E-state index >= 15 is 0 Å². The van der Waals surface area contributed by atoms with Crippen molar-refractivity contribution in [2.24, 2.45) is 5.73 Å². The maximum atomic E-state index is 12.8. The van der Waals surface area contributed by atoms with E-state index < -0.39 is 19.1 Å². The highest BCUT2D eigenvalue weighted by Gasteiger charge is 2.43. The van der Waals surface area contributed by atoms with E-state index in [4.69, 9.17) is 10.5 Å². The zero-order valence-corrected chi connectivity index (χ0v) is 20.0. The maximum absolute atomic E-state index is 12.8. The first-order valence-electron chi connectivity index (χ1n) is 11.2. The lowest BCUT2D eigenvalue weighted by molar-refractivity contribution is -0.144. The van der Waals surface area contributed by atoms with Crippen LogP contribution in [0.4, 0.5) is 0 Å². The summed E-state index contributed by atoms with van der Waals surface area (Å²) in [5.74, 6) is -0.241. The van der Waals surface area contributed by atoms with Crippen LogP contribution in [0.3, 0.4) is 0 Å². The largest absolute Gasteiger partial charge is 0.480 e. The van der Waals surface area contributed by atoms with Crippen molar-refractivity contribution in [2.45, 2.75) is 44.6 Å². The predicted molar refractivity (Wildman–Crippen MR) is 130 cm³/mol. The topological polar surface area (TPSA) is 130 Å². The van der Waals surface area contributed by atoms with Gasteiger partial charge < -0.3 is 25.4 Å². The molecular weight excluding hydrogens is 453 g/mol. The van der Waals surface area contributed by atoms with Crippen LogP contribution in [0.25, 0.3) is 0 Å². The molecule has 34 heavy (non-hydrogen) atoms. The van der Waals surface area contributed by atoms with Gasteiger partial charge in [0, 0.05) is 17.0 Å². The predicted octanol–water partition coefficient (Wildman–Crippen LogP) is 4.18. The average molecular weight is 481 g/mol. The SMILES string of the molecule is CCc1c(C(N)(CC2c3ccccc3Oc3ccccc32)C(=O)O)ccc(P(=O)(O)O)c1CC. The number of aliphatic carboxylic acids is 1. The number of para-hydroxylation sites is 2. The van der Waals surface area contributed by atoms with E-state index in [0.717, 1.165) is 11.1 Å². The highest BCUT2D eigenvalue weighted by atomic mass is 31.2. The Morgan fingerprint density at radius 2 is 1.47 bits per heavy atom. The highest BCUT2D eigenvalue weighted by Crippen LogP contribution is 2.49. The smallest absolute Gasteiger partial charge is 0.356 e. The van der Waals surface area contributed by atoms with Gasteiger partial charge in [-0.15, -0.1) is 0 Å². The molecule has 0 bridgehead atoms. The summed E-state index contributed by atoms with van der Waals surface area (Å²) in [4.78, 5) is 32.5. The average Bonchev–Trinajstić information content (AvgIpc) is 2.81. The summed E-state index contributed by atoms with van der Waals surface area (Å²) in [7, 11) is -4.54. The molecule has 178 valence electrons. The Morgan fingerprint density at radius 3 is 1.94 bits per heavy atom. The van der Waals surface area contributed by atoms with Crippen molar-refractivity contribution >= 4 is 18.9 Å². The van der Waals surface area contributed by atoms with Crippen molar-refractivity contribution in [3.05, 3.63) is 88.5 Å². The van der Waals surface area contributed by atoms with Gasteiger partial charge in [-0.2, -0.15) is 0 Å². The molecular formula is C26H28NO6P. The second-order valence-electron chi connectivity index (χ2n) is 8.55. The molecule has 1 aliphatic rings. The lowest BCUT2D eigenvalue weighted by Crippen LogP contribution is -2.47. The molecule has 1 aliphatic heterocycles. The van der Waals surface area contributed by atoms with Crippen molar-refractivity contribution in [1.82, 2.24) is 0 Å². The monoisotopic (exact) mass is 481 g/mol. The number of nitrogens with two attached hydrogens (primary N) is 1. The fourth-order valence-corrected chi connectivity index (χ4v) is 5.95.